The zero-order valence-corrected chi connectivity index (χ0v) is 18.7. The molecule has 0 amide bonds. The van der Waals surface area contributed by atoms with Crippen LogP contribution in [-0.4, -0.2) is 44.3 Å². The van der Waals surface area contributed by atoms with Crippen LogP contribution in [0.5, 0.6) is 11.8 Å². The van der Waals surface area contributed by atoms with Crippen LogP contribution in [0.2, 0.25) is 0 Å². The Morgan fingerprint density at radius 2 is 1.46 bits per heavy atom. The van der Waals surface area contributed by atoms with Gasteiger partial charge in [0.2, 0.25) is 5.88 Å². The molecule has 0 unspecified atom stereocenters. The average molecular weight is 545 g/mol. The van der Waals surface area contributed by atoms with Crippen molar-refractivity contribution >= 4 is 20.2 Å². The topological polar surface area (TPSA) is 127 Å². The lowest BCUT2D eigenvalue weighted by molar-refractivity contribution is -0.0502. The van der Waals surface area contributed by atoms with E-state index in [0.29, 0.717) is 0 Å². The normalized spacial score (nSPS) is 15.2. The van der Waals surface area contributed by atoms with Crippen LogP contribution in [0.1, 0.15) is 22.3 Å². The second-order valence-corrected chi connectivity index (χ2v) is 10.2. The predicted molar refractivity (Wildman–Crippen MR) is 104 cm³/mol. The molecule has 17 heteroatoms. The number of nitrogens with zero attached hydrogens (tertiary/aromatic N) is 3. The van der Waals surface area contributed by atoms with Gasteiger partial charge in [0.05, 0.1) is 0 Å². The van der Waals surface area contributed by atoms with Gasteiger partial charge in [-0.25, -0.2) is 0 Å². The molecule has 9 nitrogen and oxygen atoms in total. The second-order valence-electron chi connectivity index (χ2n) is 7.08. The van der Waals surface area contributed by atoms with Gasteiger partial charge in [-0.15, -0.1) is 0 Å². The van der Waals surface area contributed by atoms with Gasteiger partial charge in [0, 0.05) is 25.2 Å². The molecule has 0 fully saturated rings. The molecule has 3 rings (SSSR count). The minimum Gasteiger partial charge on any atom is -0.355 e. The number of rotatable bonds is 6. The van der Waals surface area contributed by atoms with Crippen LogP contribution in [-0.2, 0) is 39.7 Å². The summed E-state index contributed by atoms with van der Waals surface area (Å²) in [6.07, 6.45) is -0.223. The number of fused-ring (bicyclic) bond motifs is 1. The van der Waals surface area contributed by atoms with Crippen LogP contribution < -0.4 is 8.37 Å². The summed E-state index contributed by atoms with van der Waals surface area (Å²) in [6.45, 7) is 0.0555. The maximum Gasteiger partial charge on any atom is 0.534 e. The average Bonchev–Trinajstić information content (AvgIpc) is 2.72. The van der Waals surface area contributed by atoms with E-state index in [-0.39, 0.29) is 37.2 Å². The lowest BCUT2D eigenvalue weighted by atomic mass is 9.96. The van der Waals surface area contributed by atoms with E-state index in [1.165, 1.54) is 6.07 Å². The van der Waals surface area contributed by atoms with E-state index in [1.807, 2.05) is 0 Å². The lowest BCUT2D eigenvalue weighted by Gasteiger charge is -2.30. The van der Waals surface area contributed by atoms with Gasteiger partial charge >= 0.3 is 31.3 Å². The molecule has 0 aliphatic carbocycles. The van der Waals surface area contributed by atoms with Gasteiger partial charge in [-0.05, 0) is 17.5 Å². The van der Waals surface area contributed by atoms with Crippen molar-refractivity contribution in [2.45, 2.75) is 30.5 Å². The highest BCUT2D eigenvalue weighted by molar-refractivity contribution is 7.88. The minimum atomic E-state index is -6.42. The van der Waals surface area contributed by atoms with Gasteiger partial charge in [-0.2, -0.15) is 53.4 Å². The number of hydrogen-bond acceptors (Lipinski definition) is 9. The van der Waals surface area contributed by atoms with Crippen molar-refractivity contribution < 1.29 is 51.5 Å². The van der Waals surface area contributed by atoms with Crippen molar-refractivity contribution in [3.8, 4) is 17.8 Å². The second kappa shape index (κ2) is 9.17. The molecule has 0 saturated carbocycles. The molecule has 2 aromatic rings. The molecule has 1 aliphatic heterocycles. The Morgan fingerprint density at radius 3 is 1.97 bits per heavy atom. The summed E-state index contributed by atoms with van der Waals surface area (Å²) >= 11 is 0. The molecule has 1 aromatic carbocycles. The number of pyridine rings is 1. The van der Waals surface area contributed by atoms with Gasteiger partial charge in [-0.3, -0.25) is 4.90 Å². The van der Waals surface area contributed by atoms with E-state index >= 15 is 0 Å². The SMILES string of the molecule is N#Cc1c(OS(=O)(=O)C(F)(F)F)nc(OS(=O)(=O)C(F)(F)F)c2c1CN(Cc1ccccc1)CC2. The lowest BCUT2D eigenvalue weighted by Crippen LogP contribution is -2.34. The molecule has 1 aromatic heterocycles. The van der Waals surface area contributed by atoms with Gasteiger partial charge in [0.25, 0.3) is 5.88 Å². The summed E-state index contributed by atoms with van der Waals surface area (Å²) in [4.78, 5) is 4.76. The number of nitriles is 1. The quantitative estimate of drug-likeness (QED) is 0.306. The van der Waals surface area contributed by atoms with Crippen LogP contribution >= 0.6 is 0 Å². The Labute approximate surface area is 194 Å². The maximum absolute atomic E-state index is 12.9. The molecule has 35 heavy (non-hydrogen) atoms. The van der Waals surface area contributed by atoms with E-state index in [1.54, 1.807) is 35.2 Å². The van der Waals surface area contributed by atoms with Crippen LogP contribution in [0.4, 0.5) is 26.3 Å². The van der Waals surface area contributed by atoms with E-state index in [4.69, 9.17) is 0 Å². The van der Waals surface area contributed by atoms with Gasteiger partial charge < -0.3 is 8.37 Å². The van der Waals surface area contributed by atoms with Gasteiger partial charge in [0.1, 0.15) is 11.6 Å². The number of aromatic nitrogens is 1. The largest absolute Gasteiger partial charge is 0.534 e. The molecule has 0 spiro atoms. The van der Waals surface area contributed by atoms with Crippen molar-refractivity contribution in [3.05, 3.63) is 52.6 Å². The molecule has 0 bridgehead atoms. The van der Waals surface area contributed by atoms with E-state index in [0.717, 1.165) is 5.56 Å². The number of halogens is 6. The fourth-order valence-corrected chi connectivity index (χ4v) is 4.02. The first-order chi connectivity index (χ1) is 16.1. The predicted octanol–water partition coefficient (Wildman–Crippen LogP) is 2.97. The first-order valence-electron chi connectivity index (χ1n) is 9.29. The fourth-order valence-electron chi connectivity index (χ4n) is 3.15. The number of hydrogen-bond donors (Lipinski definition) is 0. The van der Waals surface area contributed by atoms with Crippen molar-refractivity contribution in [2.75, 3.05) is 6.54 Å². The zero-order valence-electron chi connectivity index (χ0n) is 17.1. The summed E-state index contributed by atoms with van der Waals surface area (Å²) in [6, 6.07) is 10.1. The summed E-state index contributed by atoms with van der Waals surface area (Å²) in [7, 11) is -12.8. The molecule has 0 atom stereocenters. The molecule has 0 radical (unpaired) electrons. The van der Waals surface area contributed by atoms with Crippen LogP contribution in [0.25, 0.3) is 0 Å². The minimum absolute atomic E-state index is 0.109. The molecule has 0 N–H and O–H groups in total. The van der Waals surface area contributed by atoms with Gasteiger partial charge in [-0.1, -0.05) is 30.3 Å². The van der Waals surface area contributed by atoms with Crippen LogP contribution in [0.3, 0.4) is 0 Å². The molecular weight excluding hydrogens is 532 g/mol. The molecule has 2 heterocycles. The highest BCUT2D eigenvalue weighted by Crippen LogP contribution is 2.38. The maximum atomic E-state index is 12.9. The number of benzene rings is 1. The Bertz CT molecular complexity index is 1370. The molecule has 190 valence electrons. The highest BCUT2D eigenvalue weighted by Gasteiger charge is 2.51. The van der Waals surface area contributed by atoms with Crippen molar-refractivity contribution in [1.29, 1.82) is 5.26 Å². The summed E-state index contributed by atoms with van der Waals surface area (Å²) in [5, 5.41) is 9.50. The standard InChI is InChI=1S/C18H13F6N3O6S2/c19-17(20,21)34(28,29)32-15-12-6-7-27(9-11-4-2-1-3-5-11)10-14(12)13(8-25)16(26-15)33-35(30,31)18(22,23)24/h1-5H,6-7,9-10H2. The van der Waals surface area contributed by atoms with Crippen LogP contribution in [0.15, 0.2) is 30.3 Å². The first kappa shape index (κ1) is 26.5. The number of alkyl halides is 6. The van der Waals surface area contributed by atoms with Gasteiger partial charge in [0.15, 0.2) is 0 Å². The molecular formula is C18H13F6N3O6S2. The Morgan fingerprint density at radius 1 is 0.914 bits per heavy atom. The summed E-state index contributed by atoms with van der Waals surface area (Å²) in [5.74, 6) is -2.92. The van der Waals surface area contributed by atoms with E-state index in [9.17, 15) is 48.4 Å². The smallest absolute Gasteiger partial charge is 0.355 e. The van der Waals surface area contributed by atoms with Crippen LogP contribution in [0, 0.1) is 11.3 Å². The summed E-state index contributed by atoms with van der Waals surface area (Å²) < 4.78 is 131. The highest BCUT2D eigenvalue weighted by atomic mass is 32.2. The first-order valence-corrected chi connectivity index (χ1v) is 12.1. The third kappa shape index (κ3) is 5.60. The van der Waals surface area contributed by atoms with E-state index in [2.05, 4.69) is 13.4 Å². The third-order valence-corrected chi connectivity index (χ3v) is 6.59. The van der Waals surface area contributed by atoms with Crippen molar-refractivity contribution in [3.63, 3.8) is 0 Å². The third-order valence-electron chi connectivity index (χ3n) is 4.71. The van der Waals surface area contributed by atoms with Crippen molar-refractivity contribution in [2.24, 2.45) is 0 Å². The monoisotopic (exact) mass is 545 g/mol. The van der Waals surface area contributed by atoms with Crippen molar-refractivity contribution in [1.82, 2.24) is 9.88 Å². The van der Waals surface area contributed by atoms with E-state index < -0.39 is 48.6 Å². The molecule has 1 aliphatic rings. The Kier molecular flexibility index (Phi) is 6.94. The molecule has 0 saturated heterocycles. The Hall–Kier alpha value is -3.10. The zero-order chi connectivity index (χ0) is 26.2. The fraction of sp³-hybridized carbons (Fsp3) is 0.333. The summed E-state index contributed by atoms with van der Waals surface area (Å²) in [5.41, 5.74) is -12.6. The Balaban J connectivity index is 2.14.